The average Bonchev–Trinajstić information content (AvgIpc) is 2.15. The third-order valence-electron chi connectivity index (χ3n) is 1.98. The molecule has 3 amide bonds. The quantitative estimate of drug-likeness (QED) is 0.594. The minimum atomic E-state index is -0.972. The number of nitrogens with zero attached hydrogens (tertiary/aromatic N) is 1. The summed E-state index contributed by atoms with van der Waals surface area (Å²) in [5.74, 6) is -1.05. The molecule has 0 radical (unpaired) electrons. The highest BCUT2D eigenvalue weighted by Crippen LogP contribution is 1.90. The van der Waals surface area contributed by atoms with Crippen LogP contribution in [-0.4, -0.2) is 54.6 Å². The van der Waals surface area contributed by atoms with Crippen LogP contribution in [0.3, 0.4) is 0 Å². The number of carboxylic acids is 1. The average molecular weight is 245 g/mol. The van der Waals surface area contributed by atoms with Crippen molar-refractivity contribution < 1.29 is 19.5 Å². The van der Waals surface area contributed by atoms with Crippen LogP contribution in [-0.2, 0) is 9.59 Å². The fourth-order valence-corrected chi connectivity index (χ4v) is 1.09. The van der Waals surface area contributed by atoms with Gasteiger partial charge in [-0.25, -0.2) is 4.79 Å². The topological polar surface area (TPSA) is 98.7 Å². The third kappa shape index (κ3) is 8.06. The number of hydrogen-bond acceptors (Lipinski definition) is 3. The van der Waals surface area contributed by atoms with E-state index < -0.39 is 18.0 Å². The normalized spacial score (nSPS) is 11.5. The highest BCUT2D eigenvalue weighted by Gasteiger charge is 2.11. The molecule has 1 atom stereocenters. The fraction of sp³-hybridized carbons (Fsp3) is 0.700. The molecule has 0 aromatic rings. The Hall–Kier alpha value is -1.79. The van der Waals surface area contributed by atoms with Crippen molar-refractivity contribution in [1.82, 2.24) is 15.5 Å². The van der Waals surface area contributed by atoms with Gasteiger partial charge in [0.2, 0.25) is 5.91 Å². The lowest BCUT2D eigenvalue weighted by molar-refractivity contribution is -0.137. The van der Waals surface area contributed by atoms with Crippen molar-refractivity contribution in [2.75, 3.05) is 20.6 Å². The van der Waals surface area contributed by atoms with Gasteiger partial charge < -0.3 is 20.6 Å². The van der Waals surface area contributed by atoms with E-state index in [0.29, 0.717) is 0 Å². The van der Waals surface area contributed by atoms with Crippen LogP contribution in [0.5, 0.6) is 0 Å². The second-order valence-corrected chi connectivity index (χ2v) is 3.94. The molecule has 7 heteroatoms. The maximum atomic E-state index is 11.2. The van der Waals surface area contributed by atoms with Gasteiger partial charge in [-0.15, -0.1) is 0 Å². The molecule has 0 saturated carbocycles. The van der Waals surface area contributed by atoms with E-state index in [1.807, 2.05) is 0 Å². The van der Waals surface area contributed by atoms with E-state index in [9.17, 15) is 14.4 Å². The molecule has 3 N–H and O–H groups in total. The summed E-state index contributed by atoms with van der Waals surface area (Å²) in [5.41, 5.74) is 0. The Morgan fingerprint density at radius 1 is 1.29 bits per heavy atom. The highest BCUT2D eigenvalue weighted by molar-refractivity contribution is 5.78. The molecule has 0 aliphatic heterocycles. The van der Waals surface area contributed by atoms with Gasteiger partial charge in [0.25, 0.3) is 0 Å². The molecular weight excluding hydrogens is 226 g/mol. The van der Waals surface area contributed by atoms with Crippen LogP contribution >= 0.6 is 0 Å². The van der Waals surface area contributed by atoms with Gasteiger partial charge in [-0.2, -0.15) is 0 Å². The van der Waals surface area contributed by atoms with Crippen LogP contribution in [0.2, 0.25) is 0 Å². The molecule has 7 nitrogen and oxygen atoms in total. The molecular formula is C10H19N3O4. The monoisotopic (exact) mass is 245 g/mol. The molecule has 0 saturated heterocycles. The number of urea groups is 1. The Bertz CT molecular complexity index is 291. The van der Waals surface area contributed by atoms with Crippen LogP contribution in [0.1, 0.15) is 19.8 Å². The molecule has 0 fully saturated rings. The number of carboxylic acid groups (broad SMARTS) is 1. The molecule has 17 heavy (non-hydrogen) atoms. The van der Waals surface area contributed by atoms with Gasteiger partial charge in [-0.1, -0.05) is 0 Å². The Kier molecular flexibility index (Phi) is 6.69. The van der Waals surface area contributed by atoms with Crippen molar-refractivity contribution in [1.29, 1.82) is 0 Å². The predicted octanol–water partition coefficient (Wildman–Crippen LogP) is -0.373. The van der Waals surface area contributed by atoms with Crippen molar-refractivity contribution in [3.05, 3.63) is 0 Å². The lowest BCUT2D eigenvalue weighted by Crippen LogP contribution is -2.42. The molecule has 0 aromatic carbocycles. The first-order chi connectivity index (χ1) is 7.82. The van der Waals surface area contributed by atoms with E-state index in [4.69, 9.17) is 5.11 Å². The van der Waals surface area contributed by atoms with Gasteiger partial charge in [0.1, 0.15) is 0 Å². The summed E-state index contributed by atoms with van der Waals surface area (Å²) in [6.45, 7) is 1.82. The van der Waals surface area contributed by atoms with E-state index in [1.165, 1.54) is 4.90 Å². The zero-order valence-electron chi connectivity index (χ0n) is 10.3. The van der Waals surface area contributed by atoms with Crippen molar-refractivity contribution in [2.45, 2.75) is 25.8 Å². The first kappa shape index (κ1) is 15.2. The molecule has 1 unspecified atom stereocenters. The zero-order valence-corrected chi connectivity index (χ0v) is 10.3. The first-order valence-corrected chi connectivity index (χ1v) is 5.29. The summed E-state index contributed by atoms with van der Waals surface area (Å²) in [4.78, 5) is 34.2. The maximum Gasteiger partial charge on any atom is 0.315 e. The second-order valence-electron chi connectivity index (χ2n) is 3.94. The summed E-state index contributed by atoms with van der Waals surface area (Å²) in [5, 5.41) is 13.4. The summed E-state index contributed by atoms with van der Waals surface area (Å²) < 4.78 is 0. The number of aliphatic carboxylic acids is 1. The zero-order chi connectivity index (χ0) is 13.4. The maximum absolute atomic E-state index is 11.2. The van der Waals surface area contributed by atoms with E-state index >= 15 is 0 Å². The Morgan fingerprint density at radius 2 is 1.88 bits per heavy atom. The number of carbonyl (C=O) groups is 3. The van der Waals surface area contributed by atoms with Gasteiger partial charge in [0.15, 0.2) is 0 Å². The molecule has 0 heterocycles. The first-order valence-electron chi connectivity index (χ1n) is 5.29. The van der Waals surface area contributed by atoms with E-state index in [1.54, 1.807) is 21.0 Å². The predicted molar refractivity (Wildman–Crippen MR) is 61.6 cm³/mol. The molecule has 0 aliphatic carbocycles. The van der Waals surface area contributed by atoms with Crippen LogP contribution < -0.4 is 10.6 Å². The molecule has 98 valence electrons. The van der Waals surface area contributed by atoms with Crippen LogP contribution in [0, 0.1) is 0 Å². The lowest BCUT2D eigenvalue weighted by atomic mass is 10.2. The fourth-order valence-electron chi connectivity index (χ4n) is 1.09. The number of nitrogens with one attached hydrogen (secondary N) is 2. The van der Waals surface area contributed by atoms with Gasteiger partial charge in [-0.05, 0) is 6.92 Å². The molecule has 0 rings (SSSR count). The van der Waals surface area contributed by atoms with Gasteiger partial charge in [-0.3, -0.25) is 9.59 Å². The van der Waals surface area contributed by atoms with Crippen LogP contribution in [0.15, 0.2) is 0 Å². The van der Waals surface area contributed by atoms with Gasteiger partial charge in [0, 0.05) is 33.1 Å². The number of hydrogen-bond donors (Lipinski definition) is 3. The number of amides is 3. The summed E-state index contributed by atoms with van der Waals surface area (Å²) in [6.07, 6.45) is 0.0811. The summed E-state index contributed by atoms with van der Waals surface area (Å²) in [7, 11) is 3.27. The summed E-state index contributed by atoms with van der Waals surface area (Å²) >= 11 is 0. The lowest BCUT2D eigenvalue weighted by Gasteiger charge is -2.13. The minimum Gasteiger partial charge on any atom is -0.481 e. The third-order valence-corrected chi connectivity index (χ3v) is 1.98. The number of carbonyl (C=O) groups excluding carboxylic acids is 2. The Balaban J connectivity index is 3.73. The standard InChI is InChI=1S/C10H19N3O4/c1-7(6-9(15)16)12-10(17)11-5-4-8(14)13(2)3/h7H,4-6H2,1-3H3,(H,15,16)(H2,11,12,17). The molecule has 0 bridgehead atoms. The van der Waals surface area contributed by atoms with Crippen molar-refractivity contribution >= 4 is 17.9 Å². The van der Waals surface area contributed by atoms with E-state index in [0.717, 1.165) is 0 Å². The molecule has 0 aromatic heterocycles. The SMILES string of the molecule is CC(CC(=O)O)NC(=O)NCCC(=O)N(C)C. The van der Waals surface area contributed by atoms with Crippen molar-refractivity contribution in [2.24, 2.45) is 0 Å². The smallest absolute Gasteiger partial charge is 0.315 e. The number of rotatable bonds is 6. The van der Waals surface area contributed by atoms with Crippen molar-refractivity contribution in [3.63, 3.8) is 0 Å². The molecule has 0 aliphatic rings. The highest BCUT2D eigenvalue weighted by atomic mass is 16.4. The Morgan fingerprint density at radius 3 is 2.35 bits per heavy atom. The van der Waals surface area contributed by atoms with Crippen LogP contribution in [0.25, 0.3) is 0 Å². The van der Waals surface area contributed by atoms with Crippen molar-refractivity contribution in [3.8, 4) is 0 Å². The second kappa shape index (κ2) is 7.48. The summed E-state index contributed by atoms with van der Waals surface area (Å²) in [6, 6.07) is -0.914. The van der Waals surface area contributed by atoms with Crippen LogP contribution in [0.4, 0.5) is 4.79 Å². The molecule has 0 spiro atoms. The largest absolute Gasteiger partial charge is 0.481 e. The van der Waals surface area contributed by atoms with E-state index in [-0.39, 0.29) is 25.3 Å². The van der Waals surface area contributed by atoms with Gasteiger partial charge in [0.05, 0.1) is 6.42 Å². The Labute approximate surface area is 100 Å². The minimum absolute atomic E-state index is 0.0797. The van der Waals surface area contributed by atoms with Gasteiger partial charge >= 0.3 is 12.0 Å². The van der Waals surface area contributed by atoms with E-state index in [2.05, 4.69) is 10.6 Å².